The zero-order valence-corrected chi connectivity index (χ0v) is 14.7. The Morgan fingerprint density at radius 1 is 1.38 bits per heavy atom. The van der Waals surface area contributed by atoms with E-state index in [2.05, 4.69) is 10.3 Å². The van der Waals surface area contributed by atoms with Gasteiger partial charge in [0.1, 0.15) is 0 Å². The first-order valence-electron chi connectivity index (χ1n) is 8.79. The summed E-state index contributed by atoms with van der Waals surface area (Å²) in [6, 6.07) is 2.30. The van der Waals surface area contributed by atoms with Crippen molar-refractivity contribution in [3.05, 3.63) is 30.1 Å². The van der Waals surface area contributed by atoms with Crippen molar-refractivity contribution in [3.63, 3.8) is 0 Å². The molecule has 4 nitrogen and oxygen atoms in total. The molecule has 142 valence electrons. The Kier molecular flexibility index (Phi) is 4.04. The molecule has 1 amide bonds. The third-order valence-electron chi connectivity index (χ3n) is 6.26. The van der Waals surface area contributed by atoms with Crippen molar-refractivity contribution in [1.29, 1.82) is 0 Å². The van der Waals surface area contributed by atoms with Gasteiger partial charge in [-0.1, -0.05) is 6.07 Å². The molecule has 0 saturated heterocycles. The number of alkyl halides is 4. The number of carbonyl (C=O) groups is 1. The van der Waals surface area contributed by atoms with Crippen molar-refractivity contribution in [2.24, 2.45) is 17.8 Å². The minimum atomic E-state index is -4.98. The lowest BCUT2D eigenvalue weighted by atomic mass is 9.47. The molecule has 4 aliphatic carbocycles. The van der Waals surface area contributed by atoms with Gasteiger partial charge < -0.3 is 10.4 Å². The number of aliphatic hydroxyl groups is 1. The maximum atomic E-state index is 12.9. The molecule has 0 radical (unpaired) electrons. The molecule has 0 spiro atoms. The molecule has 4 fully saturated rings. The van der Waals surface area contributed by atoms with E-state index in [1.54, 1.807) is 12.1 Å². The Morgan fingerprint density at radius 2 is 2.15 bits per heavy atom. The van der Waals surface area contributed by atoms with Crippen LogP contribution in [0, 0.1) is 17.8 Å². The van der Waals surface area contributed by atoms with Gasteiger partial charge in [0.05, 0.1) is 11.6 Å². The second kappa shape index (κ2) is 5.83. The number of carbonyl (C=O) groups excluding carboxylic acids is 1. The van der Waals surface area contributed by atoms with Crippen molar-refractivity contribution >= 4 is 17.5 Å². The normalized spacial score (nSPS) is 39.7. The van der Waals surface area contributed by atoms with Crippen LogP contribution >= 0.6 is 11.6 Å². The first-order valence-corrected chi connectivity index (χ1v) is 9.16. The number of hydrogen-bond donors (Lipinski definition) is 2. The lowest BCUT2D eigenvalue weighted by Crippen LogP contribution is -2.65. The molecule has 0 aliphatic heterocycles. The Bertz CT molecular complexity index is 716. The molecule has 4 bridgehead atoms. The summed E-state index contributed by atoms with van der Waals surface area (Å²) in [6.45, 7) is 0. The Morgan fingerprint density at radius 3 is 2.73 bits per heavy atom. The maximum absolute atomic E-state index is 12.9. The van der Waals surface area contributed by atoms with Crippen molar-refractivity contribution in [2.75, 3.05) is 0 Å². The van der Waals surface area contributed by atoms with Crippen LogP contribution in [0.5, 0.6) is 0 Å². The van der Waals surface area contributed by atoms with Crippen molar-refractivity contribution in [1.82, 2.24) is 10.3 Å². The molecule has 6 atom stereocenters. The summed E-state index contributed by atoms with van der Waals surface area (Å²) in [5, 5.41) is 13.5. The summed E-state index contributed by atoms with van der Waals surface area (Å²) in [7, 11) is 0. The van der Waals surface area contributed by atoms with E-state index in [0.29, 0.717) is 24.8 Å². The van der Waals surface area contributed by atoms with Gasteiger partial charge in [-0.3, -0.25) is 9.78 Å². The zero-order chi connectivity index (χ0) is 18.7. The predicted octanol–water partition coefficient (Wildman–Crippen LogP) is 3.35. The van der Waals surface area contributed by atoms with Gasteiger partial charge in [-0.05, 0) is 55.6 Å². The van der Waals surface area contributed by atoms with Crippen LogP contribution in [-0.4, -0.2) is 32.6 Å². The summed E-state index contributed by atoms with van der Waals surface area (Å²) >= 11 is 6.68. The Hall–Kier alpha value is -1.34. The molecule has 8 heteroatoms. The van der Waals surface area contributed by atoms with E-state index in [0.717, 1.165) is 12.8 Å². The predicted molar refractivity (Wildman–Crippen MR) is 88.3 cm³/mol. The first-order chi connectivity index (χ1) is 12.1. The number of aromatic nitrogens is 1. The van der Waals surface area contributed by atoms with Gasteiger partial charge in [-0.15, -0.1) is 11.6 Å². The minimum absolute atomic E-state index is 0.0301. The number of amides is 1. The van der Waals surface area contributed by atoms with E-state index < -0.39 is 34.5 Å². The van der Waals surface area contributed by atoms with E-state index in [1.807, 2.05) is 0 Å². The van der Waals surface area contributed by atoms with E-state index in [-0.39, 0.29) is 11.8 Å². The maximum Gasteiger partial charge on any atom is 0.471 e. The van der Waals surface area contributed by atoms with Crippen LogP contribution < -0.4 is 5.32 Å². The molecule has 1 aromatic rings. The number of pyridine rings is 1. The smallest absolute Gasteiger partial charge is 0.389 e. The average Bonchev–Trinajstić information content (AvgIpc) is 2.50. The van der Waals surface area contributed by atoms with Crippen LogP contribution in [0.15, 0.2) is 24.5 Å². The van der Waals surface area contributed by atoms with Crippen LogP contribution in [0.25, 0.3) is 0 Å². The van der Waals surface area contributed by atoms with E-state index >= 15 is 0 Å². The van der Waals surface area contributed by atoms with Crippen LogP contribution in [0.3, 0.4) is 0 Å². The van der Waals surface area contributed by atoms with Gasteiger partial charge in [-0.25, -0.2) is 0 Å². The molecule has 26 heavy (non-hydrogen) atoms. The van der Waals surface area contributed by atoms with E-state index in [4.69, 9.17) is 11.6 Å². The van der Waals surface area contributed by atoms with Gasteiger partial charge in [0.15, 0.2) is 0 Å². The summed E-state index contributed by atoms with van der Waals surface area (Å²) in [6.07, 6.45) is 1.16. The molecule has 2 N–H and O–H groups in total. The highest BCUT2D eigenvalue weighted by Gasteiger charge is 2.63. The topological polar surface area (TPSA) is 62.2 Å². The second-order valence-corrected chi connectivity index (χ2v) is 8.97. The molecule has 1 heterocycles. The molecular weight excluding hydrogens is 369 g/mol. The molecular formula is C18H20ClF3N2O2. The average molecular weight is 389 g/mol. The first kappa shape index (κ1) is 18.0. The van der Waals surface area contributed by atoms with Crippen LogP contribution in [0.2, 0.25) is 0 Å². The van der Waals surface area contributed by atoms with Crippen molar-refractivity contribution in [2.45, 2.75) is 54.8 Å². The number of nitrogens with zero attached hydrogens (tertiary/aromatic N) is 1. The van der Waals surface area contributed by atoms with E-state index in [1.165, 1.54) is 12.4 Å². The fourth-order valence-electron chi connectivity index (χ4n) is 5.80. The lowest BCUT2D eigenvalue weighted by Gasteiger charge is -2.63. The Labute approximate surface area is 154 Å². The fourth-order valence-corrected chi connectivity index (χ4v) is 6.45. The highest BCUT2D eigenvalue weighted by Crippen LogP contribution is 2.64. The number of halogens is 4. The molecule has 5 rings (SSSR count). The third-order valence-corrected chi connectivity index (χ3v) is 6.70. The monoisotopic (exact) mass is 388 g/mol. The van der Waals surface area contributed by atoms with E-state index in [9.17, 15) is 23.1 Å². The van der Waals surface area contributed by atoms with Gasteiger partial charge in [0, 0.05) is 23.2 Å². The molecule has 4 aliphatic rings. The fraction of sp³-hybridized carbons (Fsp3) is 0.667. The van der Waals surface area contributed by atoms with Crippen LogP contribution in [-0.2, 0) is 4.79 Å². The van der Waals surface area contributed by atoms with Gasteiger partial charge in [0.2, 0.25) is 0 Å². The highest BCUT2D eigenvalue weighted by atomic mass is 35.5. The van der Waals surface area contributed by atoms with Gasteiger partial charge in [-0.2, -0.15) is 13.2 Å². The third kappa shape index (κ3) is 2.99. The van der Waals surface area contributed by atoms with Gasteiger partial charge in [0.25, 0.3) is 0 Å². The number of nitrogens with one attached hydrogen (secondary N) is 1. The summed E-state index contributed by atoms with van der Waals surface area (Å²) in [5.41, 5.74) is -0.704. The minimum Gasteiger partial charge on any atom is -0.389 e. The molecule has 0 aromatic carbocycles. The largest absolute Gasteiger partial charge is 0.471 e. The SMILES string of the molecule is O=C(NC(c1cccnc1)[C@H]1[C@H]2C[C@@H]3C[C@](Cl)(C2)C[C@@]1(O)C3)C(F)(F)F. The van der Waals surface area contributed by atoms with Crippen LogP contribution in [0.4, 0.5) is 13.2 Å². The van der Waals surface area contributed by atoms with Crippen molar-refractivity contribution < 1.29 is 23.1 Å². The Balaban J connectivity index is 1.71. The summed E-state index contributed by atoms with van der Waals surface area (Å²) < 4.78 is 38.7. The summed E-state index contributed by atoms with van der Waals surface area (Å²) in [5.74, 6) is -2.25. The second-order valence-electron chi connectivity index (χ2n) is 8.17. The summed E-state index contributed by atoms with van der Waals surface area (Å²) in [4.78, 5) is 15.2. The molecule has 4 saturated carbocycles. The van der Waals surface area contributed by atoms with Gasteiger partial charge >= 0.3 is 12.1 Å². The zero-order valence-electron chi connectivity index (χ0n) is 14.0. The molecule has 1 unspecified atom stereocenters. The van der Waals surface area contributed by atoms with Crippen molar-refractivity contribution in [3.8, 4) is 0 Å². The van der Waals surface area contributed by atoms with Crippen LogP contribution in [0.1, 0.15) is 43.7 Å². The quantitative estimate of drug-likeness (QED) is 0.780. The highest BCUT2D eigenvalue weighted by molar-refractivity contribution is 6.24. The lowest BCUT2D eigenvalue weighted by molar-refractivity contribution is -0.187. The number of rotatable bonds is 3. The molecule has 1 aromatic heterocycles. The standard InChI is InChI=1S/C18H20ClF3N2O2/c19-16-5-10-4-12(7-16)13(17(26,6-10)9-16)14(11-2-1-3-23-8-11)24-15(25)18(20,21)22/h1-3,8,10,12-14,26H,4-7,9H2,(H,24,25)/t10-,12+,13-,14?,16+,17+/m1/s1. The number of hydrogen-bond acceptors (Lipinski definition) is 3.